The zero-order valence-corrected chi connectivity index (χ0v) is 18.5. The topological polar surface area (TPSA) is 74.8 Å². The molecule has 0 saturated heterocycles. The van der Waals surface area contributed by atoms with E-state index in [9.17, 15) is 9.18 Å². The average Bonchev–Trinajstić information content (AvgIpc) is 3.28. The van der Waals surface area contributed by atoms with E-state index in [0.29, 0.717) is 23.2 Å². The van der Waals surface area contributed by atoms with E-state index in [2.05, 4.69) is 16.3 Å². The molecule has 0 aliphatic rings. The van der Waals surface area contributed by atoms with Crippen LogP contribution < -0.4 is 4.90 Å². The molecule has 4 rings (SSSR count). The SMILES string of the molecule is N#CCCN(C(=O)CSc1nnc(-c2ccccc2)n1-c1ccc(F)cc1)c1ccccc1. The number of thioether (sulfide) groups is 1. The van der Waals surface area contributed by atoms with Gasteiger partial charge in [0.15, 0.2) is 11.0 Å². The predicted octanol–water partition coefficient (Wildman–Crippen LogP) is 5.11. The Hall–Kier alpha value is -3.96. The molecule has 1 amide bonds. The molecule has 1 heterocycles. The van der Waals surface area contributed by atoms with Crippen molar-refractivity contribution in [3.8, 4) is 23.1 Å². The van der Waals surface area contributed by atoms with Crippen LogP contribution in [-0.4, -0.2) is 33.0 Å². The Morgan fingerprint density at radius 3 is 2.30 bits per heavy atom. The van der Waals surface area contributed by atoms with E-state index in [1.54, 1.807) is 17.0 Å². The predicted molar refractivity (Wildman–Crippen MR) is 127 cm³/mol. The molecule has 0 spiro atoms. The van der Waals surface area contributed by atoms with Crippen molar-refractivity contribution >= 4 is 23.4 Å². The van der Waals surface area contributed by atoms with Gasteiger partial charge in [-0.3, -0.25) is 9.36 Å². The van der Waals surface area contributed by atoms with Crippen molar-refractivity contribution in [2.45, 2.75) is 11.6 Å². The van der Waals surface area contributed by atoms with Crippen LogP contribution in [0, 0.1) is 17.1 Å². The number of nitrogens with zero attached hydrogens (tertiary/aromatic N) is 5. The average molecular weight is 458 g/mol. The van der Waals surface area contributed by atoms with Gasteiger partial charge >= 0.3 is 0 Å². The lowest BCUT2D eigenvalue weighted by atomic mass is 10.2. The zero-order chi connectivity index (χ0) is 23.0. The Labute approximate surface area is 195 Å². The van der Waals surface area contributed by atoms with Crippen molar-refractivity contribution < 1.29 is 9.18 Å². The summed E-state index contributed by atoms with van der Waals surface area (Å²) < 4.78 is 15.4. The van der Waals surface area contributed by atoms with Gasteiger partial charge in [0.1, 0.15) is 5.82 Å². The normalized spacial score (nSPS) is 10.5. The summed E-state index contributed by atoms with van der Waals surface area (Å²) in [5.41, 5.74) is 2.29. The third kappa shape index (κ3) is 5.27. The minimum Gasteiger partial charge on any atom is -0.311 e. The first-order valence-corrected chi connectivity index (χ1v) is 11.3. The van der Waals surface area contributed by atoms with Crippen LogP contribution in [0.1, 0.15) is 6.42 Å². The number of aromatic nitrogens is 3. The van der Waals surface area contributed by atoms with Crippen molar-refractivity contribution in [1.82, 2.24) is 14.8 Å². The van der Waals surface area contributed by atoms with E-state index < -0.39 is 0 Å². The quantitative estimate of drug-likeness (QED) is 0.344. The second-order valence-corrected chi connectivity index (χ2v) is 8.00. The molecule has 3 aromatic carbocycles. The maximum atomic E-state index is 13.5. The van der Waals surface area contributed by atoms with Crippen molar-refractivity contribution in [3.05, 3.63) is 90.7 Å². The lowest BCUT2D eigenvalue weighted by Gasteiger charge is -2.21. The first kappa shape index (κ1) is 22.2. The lowest BCUT2D eigenvalue weighted by Crippen LogP contribution is -2.33. The molecule has 0 N–H and O–H groups in total. The largest absolute Gasteiger partial charge is 0.311 e. The Balaban J connectivity index is 1.62. The fourth-order valence-corrected chi connectivity index (χ4v) is 4.16. The van der Waals surface area contributed by atoms with E-state index >= 15 is 0 Å². The maximum absolute atomic E-state index is 13.5. The van der Waals surface area contributed by atoms with Gasteiger partial charge in [0, 0.05) is 23.5 Å². The number of hydrogen-bond donors (Lipinski definition) is 0. The summed E-state index contributed by atoms with van der Waals surface area (Å²) in [6.07, 6.45) is 0.231. The highest BCUT2D eigenvalue weighted by Gasteiger charge is 2.20. The molecule has 0 aliphatic carbocycles. The van der Waals surface area contributed by atoms with E-state index in [4.69, 9.17) is 5.26 Å². The molecule has 0 bridgehead atoms. The number of nitriles is 1. The lowest BCUT2D eigenvalue weighted by molar-refractivity contribution is -0.116. The monoisotopic (exact) mass is 457 g/mol. The van der Waals surface area contributed by atoms with Gasteiger partial charge in [0.2, 0.25) is 5.91 Å². The summed E-state index contributed by atoms with van der Waals surface area (Å²) in [5.74, 6) is 0.223. The van der Waals surface area contributed by atoms with Gasteiger partial charge in [-0.05, 0) is 36.4 Å². The van der Waals surface area contributed by atoms with E-state index in [0.717, 1.165) is 11.3 Å². The molecule has 0 fully saturated rings. The van der Waals surface area contributed by atoms with Crippen LogP contribution in [0.15, 0.2) is 90.1 Å². The summed E-state index contributed by atoms with van der Waals surface area (Å²) >= 11 is 1.25. The van der Waals surface area contributed by atoms with E-state index in [1.807, 2.05) is 65.2 Å². The molecule has 0 radical (unpaired) electrons. The number of amides is 1. The van der Waals surface area contributed by atoms with Gasteiger partial charge < -0.3 is 4.90 Å². The first-order chi connectivity index (χ1) is 16.2. The highest BCUT2D eigenvalue weighted by Crippen LogP contribution is 2.28. The summed E-state index contributed by atoms with van der Waals surface area (Å²) in [6.45, 7) is 0.305. The second kappa shape index (κ2) is 10.6. The Kier molecular flexibility index (Phi) is 7.12. The van der Waals surface area contributed by atoms with Crippen molar-refractivity contribution in [1.29, 1.82) is 5.26 Å². The van der Waals surface area contributed by atoms with Crippen LogP contribution >= 0.6 is 11.8 Å². The third-order valence-corrected chi connectivity index (χ3v) is 5.80. The molecule has 4 aromatic rings. The Morgan fingerprint density at radius 2 is 1.64 bits per heavy atom. The molecule has 0 unspecified atom stereocenters. The number of carbonyl (C=O) groups is 1. The van der Waals surface area contributed by atoms with Gasteiger partial charge in [-0.2, -0.15) is 5.26 Å². The summed E-state index contributed by atoms with van der Waals surface area (Å²) in [6, 6.07) is 27.0. The van der Waals surface area contributed by atoms with E-state index in [-0.39, 0.29) is 23.9 Å². The van der Waals surface area contributed by atoms with E-state index in [1.165, 1.54) is 23.9 Å². The molecule has 0 aliphatic heterocycles. The number of hydrogen-bond acceptors (Lipinski definition) is 5. The first-order valence-electron chi connectivity index (χ1n) is 10.3. The molecule has 8 heteroatoms. The standard InChI is InChI=1S/C25H20FN5OS/c26-20-12-14-22(15-13-20)31-24(19-8-3-1-4-9-19)28-29-25(31)33-18-23(32)30(17-7-16-27)21-10-5-2-6-11-21/h1-6,8-15H,7,17-18H2. The molecular weight excluding hydrogens is 437 g/mol. The molecule has 1 aromatic heterocycles. The number of anilines is 1. The highest BCUT2D eigenvalue weighted by atomic mass is 32.2. The fourth-order valence-electron chi connectivity index (χ4n) is 3.33. The van der Waals surface area contributed by atoms with Crippen LogP contribution in [0.25, 0.3) is 17.1 Å². The zero-order valence-electron chi connectivity index (χ0n) is 17.6. The Bertz CT molecular complexity index is 1250. The van der Waals surface area contributed by atoms with Crippen LogP contribution in [0.4, 0.5) is 10.1 Å². The van der Waals surface area contributed by atoms with Crippen LogP contribution in [-0.2, 0) is 4.79 Å². The third-order valence-electron chi connectivity index (χ3n) is 4.89. The maximum Gasteiger partial charge on any atom is 0.237 e. The van der Waals surface area contributed by atoms with Gasteiger partial charge in [0.05, 0.1) is 18.2 Å². The number of halogens is 1. The molecule has 164 valence electrons. The smallest absolute Gasteiger partial charge is 0.237 e. The molecule has 33 heavy (non-hydrogen) atoms. The minimum atomic E-state index is -0.339. The van der Waals surface area contributed by atoms with Gasteiger partial charge in [0.25, 0.3) is 0 Å². The fraction of sp³-hybridized carbons (Fsp3) is 0.120. The number of para-hydroxylation sites is 1. The van der Waals surface area contributed by atoms with Gasteiger partial charge in [-0.15, -0.1) is 10.2 Å². The molecule has 6 nitrogen and oxygen atoms in total. The van der Waals surface area contributed by atoms with Crippen LogP contribution in [0.5, 0.6) is 0 Å². The summed E-state index contributed by atoms with van der Waals surface area (Å²) in [5, 5.41) is 18.2. The number of rotatable bonds is 8. The molecule has 0 atom stereocenters. The number of carbonyl (C=O) groups excluding carboxylic acids is 1. The van der Waals surface area contributed by atoms with Crippen molar-refractivity contribution in [2.75, 3.05) is 17.2 Å². The number of benzene rings is 3. The van der Waals surface area contributed by atoms with Crippen molar-refractivity contribution in [2.24, 2.45) is 0 Å². The van der Waals surface area contributed by atoms with Gasteiger partial charge in [-0.25, -0.2) is 4.39 Å². The van der Waals surface area contributed by atoms with Gasteiger partial charge in [-0.1, -0.05) is 60.3 Å². The second-order valence-electron chi connectivity index (χ2n) is 7.06. The van der Waals surface area contributed by atoms with Crippen molar-refractivity contribution in [3.63, 3.8) is 0 Å². The highest BCUT2D eigenvalue weighted by molar-refractivity contribution is 7.99. The van der Waals surface area contributed by atoms with Crippen LogP contribution in [0.3, 0.4) is 0 Å². The molecular formula is C25H20FN5OS. The van der Waals surface area contributed by atoms with Crippen LogP contribution in [0.2, 0.25) is 0 Å². The minimum absolute atomic E-state index is 0.106. The Morgan fingerprint density at radius 1 is 0.970 bits per heavy atom. The molecule has 0 saturated carbocycles. The summed E-state index contributed by atoms with van der Waals surface area (Å²) in [7, 11) is 0. The summed E-state index contributed by atoms with van der Waals surface area (Å²) in [4.78, 5) is 14.7.